The van der Waals surface area contributed by atoms with Gasteiger partial charge < -0.3 is 5.32 Å². The van der Waals surface area contributed by atoms with E-state index in [9.17, 15) is 9.18 Å². The van der Waals surface area contributed by atoms with Crippen molar-refractivity contribution < 1.29 is 9.18 Å². The quantitative estimate of drug-likeness (QED) is 0.460. The summed E-state index contributed by atoms with van der Waals surface area (Å²) in [4.78, 5) is 12.3. The molecule has 5 heteroatoms. The van der Waals surface area contributed by atoms with E-state index >= 15 is 0 Å². The number of carbonyl (C=O) groups excluding carboxylic acids is 1. The van der Waals surface area contributed by atoms with Crippen molar-refractivity contribution in [3.8, 4) is 11.1 Å². The predicted molar refractivity (Wildman–Crippen MR) is 101 cm³/mol. The Morgan fingerprint density at radius 1 is 0.917 bits per heavy atom. The fourth-order valence-corrected chi connectivity index (χ4v) is 4.47. The standard InChI is InChI=1S/C19H10Br2FNO/c20-17-11-4-2-1-3-5-12(11)18(21)15(17)9-14-13-8-10(22)6-7-16(13)23-19(14)24/h1-9H,(H,23,24). The van der Waals surface area contributed by atoms with Crippen molar-refractivity contribution in [2.75, 3.05) is 5.32 Å². The van der Waals surface area contributed by atoms with E-state index in [1.165, 1.54) is 12.1 Å². The third-order valence-corrected chi connectivity index (χ3v) is 5.75. The minimum Gasteiger partial charge on any atom is -0.321 e. The molecule has 0 saturated carbocycles. The first-order valence-corrected chi connectivity index (χ1v) is 8.83. The van der Waals surface area contributed by atoms with Crippen LogP contribution in [0.25, 0.3) is 22.8 Å². The van der Waals surface area contributed by atoms with E-state index in [0.717, 1.165) is 25.6 Å². The molecule has 0 atom stereocenters. The average molecular weight is 447 g/mol. The lowest BCUT2D eigenvalue weighted by molar-refractivity contribution is -0.110. The van der Waals surface area contributed by atoms with Crippen LogP contribution in [0.5, 0.6) is 0 Å². The molecule has 2 nitrogen and oxygen atoms in total. The third kappa shape index (κ3) is 2.39. The van der Waals surface area contributed by atoms with E-state index in [2.05, 4.69) is 37.2 Å². The van der Waals surface area contributed by atoms with Crippen molar-refractivity contribution in [2.24, 2.45) is 0 Å². The first-order chi connectivity index (χ1) is 11.6. The Morgan fingerprint density at radius 3 is 2.25 bits per heavy atom. The van der Waals surface area contributed by atoms with E-state index in [-0.39, 0.29) is 11.7 Å². The monoisotopic (exact) mass is 445 g/mol. The molecule has 1 heterocycles. The smallest absolute Gasteiger partial charge is 0.256 e. The molecule has 0 radical (unpaired) electrons. The van der Waals surface area contributed by atoms with Gasteiger partial charge in [0.25, 0.3) is 5.91 Å². The number of halogens is 3. The van der Waals surface area contributed by atoms with Crippen molar-refractivity contribution in [3.63, 3.8) is 0 Å². The van der Waals surface area contributed by atoms with E-state index in [4.69, 9.17) is 0 Å². The number of hydrogen-bond donors (Lipinski definition) is 1. The van der Waals surface area contributed by atoms with Crippen LogP contribution in [0.15, 0.2) is 57.5 Å². The molecule has 118 valence electrons. The lowest BCUT2D eigenvalue weighted by Gasteiger charge is -1.99. The zero-order valence-corrected chi connectivity index (χ0v) is 15.4. The van der Waals surface area contributed by atoms with Gasteiger partial charge in [-0.15, -0.1) is 0 Å². The Balaban J connectivity index is 1.95. The zero-order valence-electron chi connectivity index (χ0n) is 12.2. The van der Waals surface area contributed by atoms with Gasteiger partial charge in [0.05, 0.1) is 0 Å². The number of anilines is 1. The highest BCUT2D eigenvalue weighted by Gasteiger charge is 2.26. The van der Waals surface area contributed by atoms with Gasteiger partial charge in [0.1, 0.15) is 5.82 Å². The topological polar surface area (TPSA) is 29.1 Å². The molecule has 1 aromatic carbocycles. The van der Waals surface area contributed by atoms with Gasteiger partial charge in [-0.25, -0.2) is 4.39 Å². The molecule has 1 amide bonds. The summed E-state index contributed by atoms with van der Waals surface area (Å²) in [5, 5.41) is 2.77. The van der Waals surface area contributed by atoms with Gasteiger partial charge in [-0.2, -0.15) is 0 Å². The van der Waals surface area contributed by atoms with Gasteiger partial charge >= 0.3 is 0 Å². The summed E-state index contributed by atoms with van der Waals surface area (Å²) < 4.78 is 15.4. The normalized spacial score (nSPS) is 15.0. The number of rotatable bonds is 1. The average Bonchev–Trinajstić information content (AvgIpc) is 2.85. The summed E-state index contributed by atoms with van der Waals surface area (Å²) in [6, 6.07) is 14.2. The Bertz CT molecular complexity index is 960. The molecule has 24 heavy (non-hydrogen) atoms. The molecule has 0 unspecified atom stereocenters. The van der Waals surface area contributed by atoms with Crippen LogP contribution in [0.2, 0.25) is 0 Å². The van der Waals surface area contributed by atoms with Crippen molar-refractivity contribution >= 4 is 55.1 Å². The van der Waals surface area contributed by atoms with E-state index in [1.807, 2.05) is 30.3 Å². The summed E-state index contributed by atoms with van der Waals surface area (Å²) in [5.41, 5.74) is 4.59. The molecule has 4 rings (SSSR count). The predicted octanol–water partition coefficient (Wildman–Crippen LogP) is 5.95. The van der Waals surface area contributed by atoms with Gasteiger partial charge in [-0.3, -0.25) is 4.79 Å². The van der Waals surface area contributed by atoms with Gasteiger partial charge in [0.2, 0.25) is 0 Å². The highest BCUT2D eigenvalue weighted by atomic mass is 79.9. The summed E-state index contributed by atoms with van der Waals surface area (Å²) in [6.45, 7) is 0. The third-order valence-electron chi connectivity index (χ3n) is 4.04. The zero-order chi connectivity index (χ0) is 16.8. The SMILES string of the molecule is O=C1Nc2ccc(F)cc2C1=Cc1c(Br)c2cccccc-2c1Br. The van der Waals surface area contributed by atoms with Crippen LogP contribution in [0.3, 0.4) is 0 Å². The van der Waals surface area contributed by atoms with E-state index in [0.29, 0.717) is 16.8 Å². The van der Waals surface area contributed by atoms with Crippen LogP contribution in [0, 0.1) is 5.82 Å². The Hall–Kier alpha value is -1.98. The minimum atomic E-state index is -0.367. The minimum absolute atomic E-state index is 0.231. The van der Waals surface area contributed by atoms with E-state index in [1.54, 1.807) is 12.1 Å². The first kappa shape index (κ1) is 15.5. The molecule has 1 aromatic rings. The molecule has 0 spiro atoms. The second kappa shape index (κ2) is 5.83. The fraction of sp³-hybridized carbons (Fsp3) is 0. The number of carbonyl (C=O) groups is 1. The number of amides is 1. The largest absolute Gasteiger partial charge is 0.321 e. The maximum Gasteiger partial charge on any atom is 0.256 e. The molecular formula is C19H10Br2FNO. The van der Waals surface area contributed by atoms with Crippen molar-refractivity contribution in [1.82, 2.24) is 0 Å². The van der Waals surface area contributed by atoms with Crippen LogP contribution in [0.4, 0.5) is 10.1 Å². The molecule has 2 aliphatic carbocycles. The lowest BCUT2D eigenvalue weighted by atomic mass is 10.0. The van der Waals surface area contributed by atoms with Crippen LogP contribution >= 0.6 is 31.9 Å². The number of benzene rings is 1. The molecule has 0 saturated heterocycles. The van der Waals surface area contributed by atoms with E-state index < -0.39 is 0 Å². The van der Waals surface area contributed by atoms with Crippen molar-refractivity contribution in [1.29, 1.82) is 0 Å². The van der Waals surface area contributed by atoms with Crippen molar-refractivity contribution in [2.45, 2.75) is 0 Å². The summed E-state index contributed by atoms with van der Waals surface area (Å²) >= 11 is 7.25. The summed E-state index contributed by atoms with van der Waals surface area (Å²) in [5.74, 6) is -0.598. The lowest BCUT2D eigenvalue weighted by Crippen LogP contribution is -2.03. The maximum absolute atomic E-state index is 13.6. The number of hydrogen-bond acceptors (Lipinski definition) is 1. The summed E-state index contributed by atoms with van der Waals surface area (Å²) in [6.07, 6.45) is 1.79. The molecule has 0 bridgehead atoms. The van der Waals surface area contributed by atoms with Gasteiger partial charge in [0.15, 0.2) is 0 Å². The highest BCUT2D eigenvalue weighted by molar-refractivity contribution is 9.11. The Kier molecular flexibility index (Phi) is 3.77. The molecule has 0 aromatic heterocycles. The van der Waals surface area contributed by atoms with Gasteiger partial charge in [-0.05, 0) is 67.3 Å². The van der Waals surface area contributed by atoms with Crippen molar-refractivity contribution in [3.05, 3.63) is 74.4 Å². The second-order valence-corrected chi connectivity index (χ2v) is 7.07. The maximum atomic E-state index is 13.6. The molecule has 1 N–H and O–H groups in total. The van der Waals surface area contributed by atoms with Crippen LogP contribution in [-0.4, -0.2) is 5.91 Å². The van der Waals surface area contributed by atoms with Crippen LogP contribution in [0.1, 0.15) is 11.1 Å². The summed E-state index contributed by atoms with van der Waals surface area (Å²) in [7, 11) is 0. The molecule has 0 fully saturated rings. The van der Waals surface area contributed by atoms with Gasteiger partial charge in [-0.1, -0.05) is 30.3 Å². The first-order valence-electron chi connectivity index (χ1n) is 7.25. The molecular weight excluding hydrogens is 437 g/mol. The van der Waals surface area contributed by atoms with Crippen LogP contribution < -0.4 is 5.32 Å². The van der Waals surface area contributed by atoms with Gasteiger partial charge in [0, 0.05) is 31.3 Å². The Morgan fingerprint density at radius 2 is 1.58 bits per heavy atom. The second-order valence-electron chi connectivity index (χ2n) is 5.48. The fourth-order valence-electron chi connectivity index (χ4n) is 2.89. The van der Waals surface area contributed by atoms with Crippen LogP contribution in [-0.2, 0) is 4.79 Å². The highest BCUT2D eigenvalue weighted by Crippen LogP contribution is 2.45. The molecule has 1 aliphatic heterocycles. The molecule has 3 aliphatic rings. The Labute approximate surface area is 155 Å². The number of fused-ring (bicyclic) bond motifs is 2. The number of nitrogens with one attached hydrogen (secondary N) is 1.